The molecule has 0 aliphatic heterocycles. The standard InChI is InChI=1S/C27H31N5O3/c1-5-32-24(15-18(2)30-32)25(33)28-13-11-22(16-20-9-7-6-8-10-20)31(4)27(34)23-17-21-12-14-35-26(21)29-19(23)3/h6-10,12,14-15,17,22H,5,11,13,16H2,1-4H3,(H,28,33). The summed E-state index contributed by atoms with van der Waals surface area (Å²) < 4.78 is 7.07. The van der Waals surface area contributed by atoms with Gasteiger partial charge in [0.15, 0.2) is 0 Å². The summed E-state index contributed by atoms with van der Waals surface area (Å²) in [6.07, 6.45) is 2.84. The van der Waals surface area contributed by atoms with E-state index in [0.29, 0.717) is 48.6 Å². The molecule has 8 nitrogen and oxygen atoms in total. The van der Waals surface area contributed by atoms with Gasteiger partial charge >= 0.3 is 0 Å². The van der Waals surface area contributed by atoms with E-state index in [4.69, 9.17) is 4.42 Å². The van der Waals surface area contributed by atoms with Gasteiger partial charge in [0, 0.05) is 31.6 Å². The summed E-state index contributed by atoms with van der Waals surface area (Å²) in [4.78, 5) is 32.5. The minimum absolute atomic E-state index is 0.106. The smallest absolute Gasteiger partial charge is 0.269 e. The molecule has 2 amide bonds. The van der Waals surface area contributed by atoms with E-state index in [1.54, 1.807) is 28.0 Å². The Balaban J connectivity index is 1.50. The van der Waals surface area contributed by atoms with Crippen LogP contribution in [0.4, 0.5) is 0 Å². The molecule has 3 heterocycles. The second-order valence-corrected chi connectivity index (χ2v) is 8.73. The van der Waals surface area contributed by atoms with Gasteiger partial charge in [-0.1, -0.05) is 30.3 Å². The molecule has 0 saturated heterocycles. The van der Waals surface area contributed by atoms with Gasteiger partial charge in [0.2, 0.25) is 5.71 Å². The number of nitrogens with one attached hydrogen (secondary N) is 1. The highest BCUT2D eigenvalue weighted by molar-refractivity contribution is 5.98. The van der Waals surface area contributed by atoms with Crippen molar-refractivity contribution in [1.82, 2.24) is 25.0 Å². The molecule has 8 heteroatoms. The van der Waals surface area contributed by atoms with Crippen LogP contribution in [-0.4, -0.2) is 51.1 Å². The van der Waals surface area contributed by atoms with Crippen molar-refractivity contribution in [3.8, 4) is 0 Å². The largest absolute Gasteiger partial charge is 0.446 e. The monoisotopic (exact) mass is 473 g/mol. The highest BCUT2D eigenvalue weighted by Gasteiger charge is 2.24. The Labute approximate surface area is 204 Å². The summed E-state index contributed by atoms with van der Waals surface area (Å²) >= 11 is 0. The summed E-state index contributed by atoms with van der Waals surface area (Å²) in [5.41, 5.74) is 4.17. The van der Waals surface area contributed by atoms with E-state index in [9.17, 15) is 9.59 Å². The fourth-order valence-electron chi connectivity index (χ4n) is 4.29. The van der Waals surface area contributed by atoms with E-state index in [1.165, 1.54) is 0 Å². The van der Waals surface area contributed by atoms with E-state index in [-0.39, 0.29) is 17.9 Å². The van der Waals surface area contributed by atoms with E-state index in [0.717, 1.165) is 16.6 Å². The van der Waals surface area contributed by atoms with Crippen molar-refractivity contribution < 1.29 is 14.0 Å². The number of rotatable bonds is 9. The molecule has 0 aliphatic carbocycles. The van der Waals surface area contributed by atoms with Crippen LogP contribution in [0.1, 0.15) is 51.1 Å². The van der Waals surface area contributed by atoms with Crippen LogP contribution < -0.4 is 5.32 Å². The maximum absolute atomic E-state index is 13.5. The molecular formula is C27H31N5O3. The summed E-state index contributed by atoms with van der Waals surface area (Å²) in [7, 11) is 1.81. The lowest BCUT2D eigenvalue weighted by Gasteiger charge is -2.29. The maximum Gasteiger partial charge on any atom is 0.269 e. The van der Waals surface area contributed by atoms with Crippen LogP contribution in [0.2, 0.25) is 0 Å². The molecule has 1 aromatic carbocycles. The number of hydrogen-bond acceptors (Lipinski definition) is 5. The summed E-state index contributed by atoms with van der Waals surface area (Å²) in [6.45, 7) is 6.70. The van der Waals surface area contributed by atoms with Crippen LogP contribution in [0.15, 0.2) is 59.2 Å². The van der Waals surface area contributed by atoms with Gasteiger partial charge in [0.25, 0.3) is 11.8 Å². The van der Waals surface area contributed by atoms with Crippen molar-refractivity contribution in [1.29, 1.82) is 0 Å². The molecule has 4 rings (SSSR count). The highest BCUT2D eigenvalue weighted by Crippen LogP contribution is 2.21. The minimum atomic E-state index is -0.162. The van der Waals surface area contributed by atoms with Gasteiger partial charge in [-0.3, -0.25) is 14.3 Å². The van der Waals surface area contributed by atoms with Crippen molar-refractivity contribution in [3.05, 3.63) is 83.0 Å². The summed E-state index contributed by atoms with van der Waals surface area (Å²) in [5.74, 6) is -0.268. The molecule has 3 aromatic heterocycles. The first-order valence-electron chi connectivity index (χ1n) is 11.9. The van der Waals surface area contributed by atoms with E-state index in [2.05, 4.69) is 27.5 Å². The maximum atomic E-state index is 13.5. The first-order valence-corrected chi connectivity index (χ1v) is 11.9. The molecule has 0 fully saturated rings. The van der Waals surface area contributed by atoms with Crippen molar-refractivity contribution in [2.45, 2.75) is 46.2 Å². The van der Waals surface area contributed by atoms with Crippen LogP contribution >= 0.6 is 0 Å². The molecule has 1 N–H and O–H groups in total. The van der Waals surface area contributed by atoms with Gasteiger partial charge < -0.3 is 14.6 Å². The average molecular weight is 474 g/mol. The predicted octanol–water partition coefficient (Wildman–Crippen LogP) is 4.16. The number of carbonyl (C=O) groups is 2. The summed E-state index contributed by atoms with van der Waals surface area (Å²) in [5, 5.41) is 8.15. The predicted molar refractivity (Wildman–Crippen MR) is 134 cm³/mol. The highest BCUT2D eigenvalue weighted by atomic mass is 16.3. The van der Waals surface area contributed by atoms with Gasteiger partial charge in [0.1, 0.15) is 5.69 Å². The number of aryl methyl sites for hydroxylation is 3. The number of pyridine rings is 1. The van der Waals surface area contributed by atoms with Crippen molar-refractivity contribution in [3.63, 3.8) is 0 Å². The number of fused-ring (bicyclic) bond motifs is 1. The number of hydrogen-bond donors (Lipinski definition) is 1. The first-order chi connectivity index (χ1) is 16.9. The zero-order valence-electron chi connectivity index (χ0n) is 20.6. The summed E-state index contributed by atoms with van der Waals surface area (Å²) in [6, 6.07) is 15.4. The third-order valence-electron chi connectivity index (χ3n) is 6.24. The number of aromatic nitrogens is 3. The fraction of sp³-hybridized carbons (Fsp3) is 0.333. The Kier molecular flexibility index (Phi) is 7.29. The SMILES string of the molecule is CCn1nc(C)cc1C(=O)NCCC(Cc1ccccc1)N(C)C(=O)c1cc2ccoc2nc1C. The Bertz CT molecular complexity index is 1330. The number of benzene rings is 1. The number of nitrogens with zero attached hydrogens (tertiary/aromatic N) is 4. The Morgan fingerprint density at radius 1 is 1.14 bits per heavy atom. The Morgan fingerprint density at radius 3 is 2.66 bits per heavy atom. The lowest BCUT2D eigenvalue weighted by atomic mass is 10.0. The van der Waals surface area contributed by atoms with E-state index >= 15 is 0 Å². The zero-order valence-corrected chi connectivity index (χ0v) is 20.6. The lowest BCUT2D eigenvalue weighted by molar-refractivity contribution is 0.0721. The number of likely N-dealkylation sites (N-methyl/N-ethyl adjacent to an activating group) is 1. The fourth-order valence-corrected chi connectivity index (χ4v) is 4.29. The van der Waals surface area contributed by atoms with E-state index < -0.39 is 0 Å². The van der Waals surface area contributed by atoms with Crippen LogP contribution in [0.5, 0.6) is 0 Å². The van der Waals surface area contributed by atoms with Gasteiger partial charge in [-0.2, -0.15) is 5.10 Å². The number of furan rings is 1. The lowest BCUT2D eigenvalue weighted by Crippen LogP contribution is -2.41. The number of amides is 2. The van der Waals surface area contributed by atoms with Crippen LogP contribution in [0, 0.1) is 13.8 Å². The third-order valence-corrected chi connectivity index (χ3v) is 6.24. The molecule has 0 radical (unpaired) electrons. The molecule has 0 spiro atoms. The third kappa shape index (κ3) is 5.42. The molecule has 1 unspecified atom stereocenters. The molecule has 0 aliphatic rings. The topological polar surface area (TPSA) is 93.3 Å². The van der Waals surface area contributed by atoms with Gasteiger partial charge in [-0.05, 0) is 57.4 Å². The molecule has 0 saturated carbocycles. The van der Waals surface area contributed by atoms with Crippen LogP contribution in [-0.2, 0) is 13.0 Å². The van der Waals surface area contributed by atoms with Crippen molar-refractivity contribution >= 4 is 22.9 Å². The first kappa shape index (κ1) is 24.2. The van der Waals surface area contributed by atoms with Crippen molar-refractivity contribution in [2.24, 2.45) is 0 Å². The van der Waals surface area contributed by atoms with Crippen molar-refractivity contribution in [2.75, 3.05) is 13.6 Å². The molecule has 182 valence electrons. The van der Waals surface area contributed by atoms with Gasteiger partial charge in [-0.25, -0.2) is 4.98 Å². The van der Waals surface area contributed by atoms with E-state index in [1.807, 2.05) is 52.1 Å². The Morgan fingerprint density at radius 2 is 1.91 bits per heavy atom. The van der Waals surface area contributed by atoms with Crippen LogP contribution in [0.3, 0.4) is 0 Å². The molecule has 1 atom stereocenters. The molecular weight excluding hydrogens is 442 g/mol. The molecule has 4 aromatic rings. The second-order valence-electron chi connectivity index (χ2n) is 8.73. The van der Waals surface area contributed by atoms with Gasteiger partial charge in [0.05, 0.1) is 23.2 Å². The quantitative estimate of drug-likeness (QED) is 0.394. The Hall–Kier alpha value is -3.94. The van der Waals surface area contributed by atoms with Crippen LogP contribution in [0.25, 0.3) is 11.1 Å². The number of carbonyl (C=O) groups excluding carboxylic acids is 2. The van der Waals surface area contributed by atoms with Gasteiger partial charge in [-0.15, -0.1) is 0 Å². The zero-order chi connectivity index (χ0) is 24.9. The molecule has 35 heavy (non-hydrogen) atoms. The second kappa shape index (κ2) is 10.5. The normalized spacial score (nSPS) is 12.0. The minimum Gasteiger partial charge on any atom is -0.446 e. The molecule has 0 bridgehead atoms. The average Bonchev–Trinajstić information content (AvgIpc) is 3.48.